The van der Waals surface area contributed by atoms with Gasteiger partial charge in [-0.1, -0.05) is 11.6 Å². The van der Waals surface area contributed by atoms with Crippen LogP contribution >= 0.6 is 11.6 Å². The van der Waals surface area contributed by atoms with Crippen molar-refractivity contribution >= 4 is 17.4 Å². The molecule has 0 aromatic carbocycles. The van der Waals surface area contributed by atoms with Gasteiger partial charge < -0.3 is 5.73 Å². The van der Waals surface area contributed by atoms with Crippen LogP contribution in [0.4, 0.5) is 0 Å². The summed E-state index contributed by atoms with van der Waals surface area (Å²) in [6.07, 6.45) is 2.50. The predicted octanol–water partition coefficient (Wildman–Crippen LogP) is 1.77. The van der Waals surface area contributed by atoms with Crippen LogP contribution in [0, 0.1) is 0 Å². The van der Waals surface area contributed by atoms with Gasteiger partial charge in [-0.05, 0) is 20.3 Å². The van der Waals surface area contributed by atoms with Crippen molar-refractivity contribution < 1.29 is 4.79 Å². The first-order valence-electron chi connectivity index (χ1n) is 4.81. The van der Waals surface area contributed by atoms with E-state index in [1.807, 2.05) is 13.8 Å². The van der Waals surface area contributed by atoms with Gasteiger partial charge in [0.1, 0.15) is 5.69 Å². The second-order valence-corrected chi connectivity index (χ2v) is 4.78. The standard InChI is InChI=1S/C10H16ClN3O/c1-10(2,12)5-4-8(15)9-7(11)6-13-14(9)3/h6H,4-5,12H2,1-3H3. The normalized spacial score (nSPS) is 11.8. The Balaban J connectivity index is 2.70. The van der Waals surface area contributed by atoms with Crippen molar-refractivity contribution in [2.45, 2.75) is 32.2 Å². The van der Waals surface area contributed by atoms with Crippen molar-refractivity contribution in [1.29, 1.82) is 0 Å². The van der Waals surface area contributed by atoms with Gasteiger partial charge in [-0.25, -0.2) is 0 Å². The lowest BCUT2D eigenvalue weighted by atomic mass is 9.97. The molecule has 4 nitrogen and oxygen atoms in total. The average Bonchev–Trinajstić information content (AvgIpc) is 2.41. The molecule has 1 aromatic rings. The number of rotatable bonds is 4. The monoisotopic (exact) mass is 229 g/mol. The SMILES string of the molecule is Cn1ncc(Cl)c1C(=O)CCC(C)(C)N. The van der Waals surface area contributed by atoms with Gasteiger partial charge in [0.25, 0.3) is 0 Å². The van der Waals surface area contributed by atoms with E-state index in [9.17, 15) is 4.79 Å². The zero-order valence-corrected chi connectivity index (χ0v) is 10.0. The minimum atomic E-state index is -0.333. The number of hydrogen-bond donors (Lipinski definition) is 1. The molecule has 0 unspecified atom stereocenters. The predicted molar refractivity (Wildman–Crippen MR) is 60.0 cm³/mol. The van der Waals surface area contributed by atoms with Crippen LogP contribution in [0.3, 0.4) is 0 Å². The largest absolute Gasteiger partial charge is 0.326 e. The molecule has 0 atom stereocenters. The maximum atomic E-state index is 11.8. The first-order chi connectivity index (χ1) is 6.81. The quantitative estimate of drug-likeness (QED) is 0.801. The minimum Gasteiger partial charge on any atom is -0.326 e. The lowest BCUT2D eigenvalue weighted by molar-refractivity contribution is 0.0963. The molecule has 0 spiro atoms. The Bertz CT molecular complexity index is 346. The number of hydrogen-bond acceptors (Lipinski definition) is 3. The topological polar surface area (TPSA) is 60.9 Å². The number of carbonyl (C=O) groups excluding carboxylic acids is 1. The van der Waals surface area contributed by atoms with Crippen molar-refractivity contribution in [1.82, 2.24) is 9.78 Å². The van der Waals surface area contributed by atoms with Gasteiger partial charge in [-0.3, -0.25) is 9.48 Å². The molecular formula is C10H16ClN3O. The molecule has 0 fully saturated rings. The molecule has 0 bridgehead atoms. The highest BCUT2D eigenvalue weighted by molar-refractivity contribution is 6.33. The second kappa shape index (κ2) is 4.33. The van der Waals surface area contributed by atoms with Gasteiger partial charge in [0.15, 0.2) is 5.78 Å². The molecule has 0 saturated heterocycles. The molecule has 2 N–H and O–H groups in total. The number of halogens is 1. The number of aryl methyl sites for hydroxylation is 1. The van der Waals surface area contributed by atoms with Gasteiger partial charge in [0.05, 0.1) is 11.2 Å². The fourth-order valence-corrected chi connectivity index (χ4v) is 1.55. The van der Waals surface area contributed by atoms with E-state index >= 15 is 0 Å². The van der Waals surface area contributed by atoms with E-state index in [-0.39, 0.29) is 11.3 Å². The Hall–Kier alpha value is -0.870. The van der Waals surface area contributed by atoms with Crippen LogP contribution in [0.25, 0.3) is 0 Å². The molecule has 0 aliphatic carbocycles. The Morgan fingerprint density at radius 1 is 1.67 bits per heavy atom. The maximum absolute atomic E-state index is 11.8. The molecule has 1 aromatic heterocycles. The first kappa shape index (κ1) is 12.2. The third-order valence-electron chi connectivity index (χ3n) is 2.15. The van der Waals surface area contributed by atoms with Crippen molar-refractivity contribution in [3.63, 3.8) is 0 Å². The Morgan fingerprint density at radius 2 is 2.27 bits per heavy atom. The average molecular weight is 230 g/mol. The molecule has 15 heavy (non-hydrogen) atoms. The van der Waals surface area contributed by atoms with E-state index in [1.165, 1.54) is 10.9 Å². The number of carbonyl (C=O) groups is 1. The van der Waals surface area contributed by atoms with E-state index in [4.69, 9.17) is 17.3 Å². The van der Waals surface area contributed by atoms with Crippen LogP contribution in [-0.4, -0.2) is 21.1 Å². The Kier molecular flexibility index (Phi) is 3.52. The Labute approximate surface area is 94.4 Å². The summed E-state index contributed by atoms with van der Waals surface area (Å²) in [6.45, 7) is 3.79. The highest BCUT2D eigenvalue weighted by atomic mass is 35.5. The molecule has 0 amide bonds. The highest BCUT2D eigenvalue weighted by Gasteiger charge is 2.18. The molecule has 1 heterocycles. The van der Waals surface area contributed by atoms with Crippen LogP contribution in [0.15, 0.2) is 6.20 Å². The highest BCUT2D eigenvalue weighted by Crippen LogP contribution is 2.18. The fourth-order valence-electron chi connectivity index (χ4n) is 1.28. The third-order valence-corrected chi connectivity index (χ3v) is 2.43. The summed E-state index contributed by atoms with van der Waals surface area (Å²) in [4.78, 5) is 11.8. The Morgan fingerprint density at radius 3 is 2.67 bits per heavy atom. The molecule has 0 aliphatic rings. The molecule has 84 valence electrons. The first-order valence-corrected chi connectivity index (χ1v) is 5.18. The van der Waals surface area contributed by atoms with Crippen molar-refractivity contribution in [3.8, 4) is 0 Å². The number of Topliss-reactive ketones (excluding diaryl/α,β-unsaturated/α-hetero) is 1. The lowest BCUT2D eigenvalue weighted by Gasteiger charge is -2.17. The molecule has 0 aliphatic heterocycles. The van der Waals surface area contributed by atoms with Crippen LogP contribution in [0.1, 0.15) is 37.2 Å². The zero-order chi connectivity index (χ0) is 11.6. The van der Waals surface area contributed by atoms with Crippen molar-refractivity contribution in [2.24, 2.45) is 12.8 Å². The number of aromatic nitrogens is 2. The summed E-state index contributed by atoms with van der Waals surface area (Å²) in [5, 5.41) is 4.31. The van der Waals surface area contributed by atoms with Crippen LogP contribution in [0.5, 0.6) is 0 Å². The number of nitrogens with zero attached hydrogens (tertiary/aromatic N) is 2. The summed E-state index contributed by atoms with van der Waals surface area (Å²) in [5.41, 5.74) is 5.93. The van der Waals surface area contributed by atoms with Gasteiger partial charge in [-0.15, -0.1) is 0 Å². The van der Waals surface area contributed by atoms with Crippen molar-refractivity contribution in [2.75, 3.05) is 0 Å². The summed E-state index contributed by atoms with van der Waals surface area (Å²) >= 11 is 5.85. The van der Waals surface area contributed by atoms with E-state index in [0.717, 1.165) is 0 Å². The molecule has 0 radical (unpaired) electrons. The van der Waals surface area contributed by atoms with Crippen LogP contribution in [-0.2, 0) is 7.05 Å². The molecular weight excluding hydrogens is 214 g/mol. The number of nitrogens with two attached hydrogens (primary N) is 1. The summed E-state index contributed by atoms with van der Waals surface area (Å²) in [6, 6.07) is 0. The summed E-state index contributed by atoms with van der Waals surface area (Å²) in [7, 11) is 1.70. The zero-order valence-electron chi connectivity index (χ0n) is 9.25. The second-order valence-electron chi connectivity index (χ2n) is 4.38. The van der Waals surface area contributed by atoms with Gasteiger partial charge in [-0.2, -0.15) is 5.10 Å². The van der Waals surface area contributed by atoms with Crippen LogP contribution < -0.4 is 5.73 Å². The molecule has 5 heteroatoms. The molecule has 1 rings (SSSR count). The summed E-state index contributed by atoms with van der Waals surface area (Å²) < 4.78 is 1.49. The van der Waals surface area contributed by atoms with E-state index < -0.39 is 0 Å². The van der Waals surface area contributed by atoms with Gasteiger partial charge >= 0.3 is 0 Å². The summed E-state index contributed by atoms with van der Waals surface area (Å²) in [5.74, 6) is -0.0153. The third kappa shape index (κ3) is 3.32. The fraction of sp³-hybridized carbons (Fsp3) is 0.600. The minimum absolute atomic E-state index is 0.0153. The maximum Gasteiger partial charge on any atom is 0.182 e. The number of ketones is 1. The van der Waals surface area contributed by atoms with Gasteiger partial charge in [0, 0.05) is 19.0 Å². The van der Waals surface area contributed by atoms with Gasteiger partial charge in [0.2, 0.25) is 0 Å². The van der Waals surface area contributed by atoms with E-state index in [0.29, 0.717) is 23.6 Å². The van der Waals surface area contributed by atoms with Crippen molar-refractivity contribution in [3.05, 3.63) is 16.9 Å². The molecule has 0 saturated carbocycles. The van der Waals surface area contributed by atoms with E-state index in [2.05, 4.69) is 5.10 Å². The lowest BCUT2D eigenvalue weighted by Crippen LogP contribution is -2.32. The van der Waals surface area contributed by atoms with Crippen LogP contribution in [0.2, 0.25) is 5.02 Å². The van der Waals surface area contributed by atoms with E-state index in [1.54, 1.807) is 7.05 Å². The smallest absolute Gasteiger partial charge is 0.182 e.